The fourth-order valence-electron chi connectivity index (χ4n) is 2.63. The van der Waals surface area contributed by atoms with Crippen molar-refractivity contribution in [2.24, 2.45) is 0 Å². The van der Waals surface area contributed by atoms with Crippen LogP contribution in [0.2, 0.25) is 0 Å². The van der Waals surface area contributed by atoms with E-state index in [-0.39, 0.29) is 17.3 Å². The number of carbonyl (C=O) groups is 2. The van der Waals surface area contributed by atoms with Crippen LogP contribution in [0.5, 0.6) is 0 Å². The van der Waals surface area contributed by atoms with Gasteiger partial charge in [-0.05, 0) is 49.4 Å². The van der Waals surface area contributed by atoms with Crippen LogP contribution < -0.4 is 16.3 Å². The summed E-state index contributed by atoms with van der Waals surface area (Å²) in [6.07, 6.45) is 1.59. The lowest BCUT2D eigenvalue weighted by atomic mass is 10.1. The van der Waals surface area contributed by atoms with Crippen molar-refractivity contribution in [1.82, 2.24) is 9.55 Å². The highest BCUT2D eigenvalue weighted by Gasteiger charge is 2.12. The fraction of sp³-hybridized carbons (Fsp3) is 0.105. The Morgan fingerprint density at radius 2 is 1.78 bits per heavy atom. The van der Waals surface area contributed by atoms with Gasteiger partial charge in [0.05, 0.1) is 11.4 Å². The quantitative estimate of drug-likeness (QED) is 0.661. The molecular formula is C19H17FN4O3. The number of aryl methyl sites for hydroxylation is 1. The van der Waals surface area contributed by atoms with Crippen molar-refractivity contribution in [2.75, 3.05) is 10.6 Å². The van der Waals surface area contributed by atoms with Crippen LogP contribution in [-0.4, -0.2) is 21.4 Å². The zero-order chi connectivity index (χ0) is 19.6. The van der Waals surface area contributed by atoms with E-state index in [9.17, 15) is 18.8 Å². The number of H-pyrrole nitrogens is 1. The van der Waals surface area contributed by atoms with E-state index < -0.39 is 11.7 Å². The zero-order valence-electron chi connectivity index (χ0n) is 14.7. The van der Waals surface area contributed by atoms with Gasteiger partial charge in [0.2, 0.25) is 5.91 Å². The van der Waals surface area contributed by atoms with Crippen molar-refractivity contribution in [1.29, 1.82) is 0 Å². The highest BCUT2D eigenvalue weighted by atomic mass is 19.1. The zero-order valence-corrected chi connectivity index (χ0v) is 14.7. The normalized spacial score (nSPS) is 10.5. The summed E-state index contributed by atoms with van der Waals surface area (Å²) >= 11 is 0. The Balaban J connectivity index is 1.81. The summed E-state index contributed by atoms with van der Waals surface area (Å²) < 4.78 is 15.4. The van der Waals surface area contributed by atoms with E-state index in [0.717, 1.165) is 11.8 Å². The molecule has 0 saturated carbocycles. The fourth-order valence-corrected chi connectivity index (χ4v) is 2.63. The van der Waals surface area contributed by atoms with Gasteiger partial charge in [-0.2, -0.15) is 0 Å². The number of rotatable bonds is 4. The van der Waals surface area contributed by atoms with Crippen LogP contribution in [-0.2, 0) is 4.79 Å². The summed E-state index contributed by atoms with van der Waals surface area (Å²) in [4.78, 5) is 37.9. The van der Waals surface area contributed by atoms with E-state index in [2.05, 4.69) is 15.6 Å². The maximum atomic E-state index is 14.0. The summed E-state index contributed by atoms with van der Waals surface area (Å²) in [7, 11) is 0. The molecule has 0 spiro atoms. The predicted octanol–water partition coefficient (Wildman–Crippen LogP) is 2.82. The number of halogens is 1. The van der Waals surface area contributed by atoms with Crippen LogP contribution >= 0.6 is 0 Å². The van der Waals surface area contributed by atoms with Crippen LogP contribution in [0.3, 0.4) is 0 Å². The molecule has 0 unspecified atom stereocenters. The van der Waals surface area contributed by atoms with Gasteiger partial charge >= 0.3 is 5.69 Å². The average Bonchev–Trinajstić information content (AvgIpc) is 2.96. The third-order valence-corrected chi connectivity index (χ3v) is 3.88. The minimum absolute atomic E-state index is 0.0481. The van der Waals surface area contributed by atoms with Crippen molar-refractivity contribution in [2.45, 2.75) is 13.8 Å². The molecule has 2 aromatic carbocycles. The molecule has 7 nitrogen and oxygen atoms in total. The summed E-state index contributed by atoms with van der Waals surface area (Å²) in [5, 5.41) is 5.00. The smallest absolute Gasteiger partial charge is 0.326 e. The number of nitrogens with zero attached hydrogens (tertiary/aromatic N) is 1. The largest absolute Gasteiger partial charge is 0.330 e. The standard InChI is InChI=1S/C19H17FN4O3/c1-11-10-21-19(27)24(11)15-6-3-13(4-7-15)18(26)23-17-9-14(22-12(2)25)5-8-16(17)20/h3-10H,1-2H3,(H,21,27)(H,22,25)(H,23,26). The van der Waals surface area contributed by atoms with Gasteiger partial charge in [-0.1, -0.05) is 0 Å². The Morgan fingerprint density at radius 3 is 2.37 bits per heavy atom. The molecule has 3 rings (SSSR count). The maximum Gasteiger partial charge on any atom is 0.330 e. The molecule has 0 radical (unpaired) electrons. The number of carbonyl (C=O) groups excluding carboxylic acids is 2. The first kappa shape index (κ1) is 18.1. The molecule has 1 heterocycles. The molecule has 0 bridgehead atoms. The average molecular weight is 368 g/mol. The minimum atomic E-state index is -0.622. The lowest BCUT2D eigenvalue weighted by molar-refractivity contribution is -0.114. The van der Waals surface area contributed by atoms with Crippen molar-refractivity contribution >= 4 is 23.2 Å². The van der Waals surface area contributed by atoms with Gasteiger partial charge in [-0.25, -0.2) is 9.18 Å². The van der Waals surface area contributed by atoms with E-state index in [1.54, 1.807) is 37.4 Å². The lowest BCUT2D eigenvalue weighted by Crippen LogP contribution is -2.17. The first-order valence-electron chi connectivity index (χ1n) is 8.11. The van der Waals surface area contributed by atoms with Crippen LogP contribution in [0.25, 0.3) is 5.69 Å². The second kappa shape index (κ2) is 7.28. The van der Waals surface area contributed by atoms with E-state index in [1.165, 1.54) is 23.6 Å². The maximum absolute atomic E-state index is 14.0. The molecular weight excluding hydrogens is 351 g/mol. The number of anilines is 2. The summed E-state index contributed by atoms with van der Waals surface area (Å²) in [5.41, 5.74) is 1.68. The number of aromatic amines is 1. The first-order valence-corrected chi connectivity index (χ1v) is 8.11. The second-order valence-corrected chi connectivity index (χ2v) is 5.95. The van der Waals surface area contributed by atoms with E-state index in [0.29, 0.717) is 16.9 Å². The van der Waals surface area contributed by atoms with Crippen molar-refractivity contribution < 1.29 is 14.0 Å². The number of hydrogen-bond donors (Lipinski definition) is 3. The Bertz CT molecular complexity index is 1070. The molecule has 2 amide bonds. The Kier molecular flexibility index (Phi) is 4.89. The number of imidazole rings is 1. The minimum Gasteiger partial charge on any atom is -0.326 e. The van der Waals surface area contributed by atoms with Crippen LogP contribution in [0.1, 0.15) is 23.0 Å². The summed E-state index contributed by atoms with van der Waals surface area (Å²) in [6.45, 7) is 3.12. The summed E-state index contributed by atoms with van der Waals surface area (Å²) in [5.74, 6) is -1.44. The van der Waals surface area contributed by atoms with Gasteiger partial charge in [0.1, 0.15) is 5.82 Å². The predicted molar refractivity (Wildman–Crippen MR) is 99.8 cm³/mol. The third-order valence-electron chi connectivity index (χ3n) is 3.88. The highest BCUT2D eigenvalue weighted by Crippen LogP contribution is 2.21. The van der Waals surface area contributed by atoms with Crippen molar-refractivity contribution in [3.63, 3.8) is 0 Å². The van der Waals surface area contributed by atoms with Crippen molar-refractivity contribution in [3.8, 4) is 5.69 Å². The first-order chi connectivity index (χ1) is 12.8. The Hall–Kier alpha value is -3.68. The SMILES string of the molecule is CC(=O)Nc1ccc(F)c(NC(=O)c2ccc(-n3c(C)c[nH]c3=O)cc2)c1. The molecule has 0 aliphatic carbocycles. The molecule has 27 heavy (non-hydrogen) atoms. The van der Waals surface area contributed by atoms with Crippen LogP contribution in [0.15, 0.2) is 53.5 Å². The van der Waals surface area contributed by atoms with E-state index >= 15 is 0 Å². The van der Waals surface area contributed by atoms with Gasteiger partial charge in [0.25, 0.3) is 5.91 Å². The van der Waals surface area contributed by atoms with Crippen LogP contribution in [0, 0.1) is 12.7 Å². The van der Waals surface area contributed by atoms with Gasteiger partial charge in [0.15, 0.2) is 0 Å². The molecule has 0 saturated heterocycles. The number of hydrogen-bond acceptors (Lipinski definition) is 3. The molecule has 0 aliphatic heterocycles. The van der Waals surface area contributed by atoms with Crippen LogP contribution in [0.4, 0.5) is 15.8 Å². The molecule has 0 atom stereocenters. The topological polar surface area (TPSA) is 96.0 Å². The molecule has 138 valence electrons. The van der Waals surface area contributed by atoms with E-state index in [1.807, 2.05) is 0 Å². The summed E-state index contributed by atoms with van der Waals surface area (Å²) in [6, 6.07) is 10.2. The molecule has 0 fully saturated rings. The second-order valence-electron chi connectivity index (χ2n) is 5.95. The molecule has 0 aliphatic rings. The number of aromatic nitrogens is 2. The Labute approximate surface area is 153 Å². The van der Waals surface area contributed by atoms with Gasteiger partial charge in [-0.3, -0.25) is 14.2 Å². The Morgan fingerprint density at radius 1 is 1.07 bits per heavy atom. The van der Waals surface area contributed by atoms with Gasteiger partial charge in [-0.15, -0.1) is 0 Å². The number of benzene rings is 2. The third kappa shape index (κ3) is 3.95. The number of amides is 2. The van der Waals surface area contributed by atoms with Gasteiger partial charge in [0, 0.05) is 30.1 Å². The van der Waals surface area contributed by atoms with E-state index in [4.69, 9.17) is 0 Å². The van der Waals surface area contributed by atoms with Crippen molar-refractivity contribution in [3.05, 3.63) is 76.2 Å². The number of nitrogens with one attached hydrogen (secondary N) is 3. The molecule has 3 N–H and O–H groups in total. The molecule has 3 aromatic rings. The monoisotopic (exact) mass is 368 g/mol. The highest BCUT2D eigenvalue weighted by molar-refractivity contribution is 6.04. The molecule has 8 heteroatoms. The lowest BCUT2D eigenvalue weighted by Gasteiger charge is -2.10. The molecule has 1 aromatic heterocycles. The van der Waals surface area contributed by atoms with Gasteiger partial charge < -0.3 is 15.6 Å².